The Morgan fingerprint density at radius 2 is 2.18 bits per heavy atom. The monoisotopic (exact) mass is 235 g/mol. The van der Waals surface area contributed by atoms with Gasteiger partial charge in [0.15, 0.2) is 5.78 Å². The molecule has 0 radical (unpaired) electrons. The summed E-state index contributed by atoms with van der Waals surface area (Å²) >= 11 is 0. The molecule has 0 bridgehead atoms. The molecule has 0 saturated carbocycles. The van der Waals surface area contributed by atoms with Crippen LogP contribution in [0.1, 0.15) is 42.1 Å². The van der Waals surface area contributed by atoms with E-state index in [0.29, 0.717) is 31.4 Å². The van der Waals surface area contributed by atoms with Crippen LogP contribution in [-0.4, -0.2) is 11.7 Å². The van der Waals surface area contributed by atoms with E-state index < -0.39 is 5.82 Å². The van der Waals surface area contributed by atoms with Crippen LogP contribution < -0.4 is 5.32 Å². The highest BCUT2D eigenvalue weighted by atomic mass is 19.1. The van der Waals surface area contributed by atoms with Crippen LogP contribution in [0.2, 0.25) is 0 Å². The lowest BCUT2D eigenvalue weighted by Crippen LogP contribution is -2.20. The zero-order chi connectivity index (χ0) is 12.4. The number of halogens is 1. The van der Waals surface area contributed by atoms with Crippen molar-refractivity contribution in [3.8, 4) is 0 Å². The van der Waals surface area contributed by atoms with E-state index in [-0.39, 0.29) is 17.3 Å². The Kier molecular flexibility index (Phi) is 3.22. The maximum absolute atomic E-state index is 13.7. The summed E-state index contributed by atoms with van der Waals surface area (Å²) in [6, 6.07) is 2.82. The van der Waals surface area contributed by atoms with Gasteiger partial charge >= 0.3 is 0 Å². The van der Waals surface area contributed by atoms with Crippen LogP contribution >= 0.6 is 0 Å². The number of fused-ring (bicyclic) bond motifs is 1. The van der Waals surface area contributed by atoms with E-state index >= 15 is 0 Å². The van der Waals surface area contributed by atoms with E-state index in [9.17, 15) is 14.0 Å². The summed E-state index contributed by atoms with van der Waals surface area (Å²) in [5.41, 5.74) is 1.47. The zero-order valence-corrected chi connectivity index (χ0v) is 9.68. The van der Waals surface area contributed by atoms with Crippen molar-refractivity contribution in [2.75, 3.05) is 5.32 Å². The molecule has 0 spiro atoms. The van der Waals surface area contributed by atoms with Crippen LogP contribution in [0.5, 0.6) is 0 Å². The van der Waals surface area contributed by atoms with Crippen molar-refractivity contribution in [2.45, 2.75) is 32.6 Å². The molecule has 1 aliphatic rings. The largest absolute Gasteiger partial charge is 0.326 e. The molecule has 1 aromatic carbocycles. The average molecular weight is 235 g/mol. The van der Waals surface area contributed by atoms with Crippen LogP contribution in [0.15, 0.2) is 12.1 Å². The molecule has 90 valence electrons. The normalized spacial score (nSPS) is 14.1. The first-order valence-corrected chi connectivity index (χ1v) is 5.77. The van der Waals surface area contributed by atoms with Crippen molar-refractivity contribution in [1.82, 2.24) is 0 Å². The van der Waals surface area contributed by atoms with E-state index in [1.807, 2.05) is 6.92 Å². The molecule has 0 atom stereocenters. The van der Waals surface area contributed by atoms with Gasteiger partial charge in [0.25, 0.3) is 0 Å². The number of carbonyl (C=O) groups is 2. The summed E-state index contributed by atoms with van der Waals surface area (Å²) in [7, 11) is 0. The third-order valence-corrected chi connectivity index (χ3v) is 2.87. The van der Waals surface area contributed by atoms with E-state index in [4.69, 9.17) is 0 Å². The van der Waals surface area contributed by atoms with Crippen molar-refractivity contribution in [2.24, 2.45) is 0 Å². The highest BCUT2D eigenvalue weighted by Gasteiger charge is 2.19. The minimum absolute atomic E-state index is 0.107. The Labute approximate surface area is 99.0 Å². The fourth-order valence-corrected chi connectivity index (χ4v) is 1.98. The number of ketones is 1. The van der Waals surface area contributed by atoms with Gasteiger partial charge in [0.1, 0.15) is 5.82 Å². The van der Waals surface area contributed by atoms with Gasteiger partial charge in [-0.1, -0.05) is 6.92 Å². The first-order valence-electron chi connectivity index (χ1n) is 5.77. The summed E-state index contributed by atoms with van der Waals surface area (Å²) in [5, 5.41) is 2.61. The van der Waals surface area contributed by atoms with Crippen molar-refractivity contribution in [3.05, 3.63) is 29.1 Å². The Morgan fingerprint density at radius 3 is 2.88 bits per heavy atom. The fraction of sp³-hybridized carbons (Fsp3) is 0.385. The number of amides is 1. The first-order chi connectivity index (χ1) is 8.11. The maximum atomic E-state index is 13.7. The molecular weight excluding hydrogens is 221 g/mol. The van der Waals surface area contributed by atoms with Gasteiger partial charge in [-0.15, -0.1) is 0 Å². The number of nitrogens with one attached hydrogen (secondary N) is 1. The van der Waals surface area contributed by atoms with Crippen LogP contribution in [0, 0.1) is 5.82 Å². The predicted octanol–water partition coefficient (Wildman–Crippen LogP) is 2.69. The molecule has 1 heterocycles. The number of aryl methyl sites for hydroxylation is 1. The molecule has 0 aliphatic carbocycles. The number of rotatable bonds is 3. The SMILES string of the molecule is CCCC(=O)c1cc2c(cc1F)NC(=O)CC2. The second-order valence-electron chi connectivity index (χ2n) is 4.21. The average Bonchev–Trinajstić information content (AvgIpc) is 2.28. The molecule has 0 unspecified atom stereocenters. The molecule has 0 aromatic heterocycles. The van der Waals surface area contributed by atoms with Gasteiger partial charge in [0.05, 0.1) is 5.56 Å². The summed E-state index contributed by atoms with van der Waals surface area (Å²) in [6.07, 6.45) is 2.00. The molecule has 1 aromatic rings. The van der Waals surface area contributed by atoms with Crippen LogP contribution in [0.4, 0.5) is 10.1 Å². The lowest BCUT2D eigenvalue weighted by atomic mass is 9.97. The molecule has 0 fully saturated rings. The van der Waals surface area contributed by atoms with E-state index in [2.05, 4.69) is 5.32 Å². The summed E-state index contributed by atoms with van der Waals surface area (Å²) in [6.45, 7) is 1.88. The molecule has 2 rings (SSSR count). The van der Waals surface area contributed by atoms with Gasteiger partial charge in [0, 0.05) is 18.5 Å². The third-order valence-electron chi connectivity index (χ3n) is 2.87. The molecule has 4 heteroatoms. The molecule has 3 nitrogen and oxygen atoms in total. The maximum Gasteiger partial charge on any atom is 0.224 e. The Bertz CT molecular complexity index is 483. The minimum atomic E-state index is -0.551. The Morgan fingerprint density at radius 1 is 1.41 bits per heavy atom. The van der Waals surface area contributed by atoms with Gasteiger partial charge < -0.3 is 5.32 Å². The van der Waals surface area contributed by atoms with Gasteiger partial charge in [-0.05, 0) is 30.5 Å². The summed E-state index contributed by atoms with van der Waals surface area (Å²) in [5.74, 6) is -0.835. The van der Waals surface area contributed by atoms with Gasteiger partial charge in [0.2, 0.25) is 5.91 Å². The predicted molar refractivity (Wildman–Crippen MR) is 62.6 cm³/mol. The van der Waals surface area contributed by atoms with Crippen molar-refractivity contribution in [3.63, 3.8) is 0 Å². The van der Waals surface area contributed by atoms with Crippen molar-refractivity contribution in [1.29, 1.82) is 0 Å². The topological polar surface area (TPSA) is 46.2 Å². The smallest absolute Gasteiger partial charge is 0.224 e. The van der Waals surface area contributed by atoms with E-state index in [0.717, 1.165) is 5.56 Å². The lowest BCUT2D eigenvalue weighted by Gasteiger charge is -2.17. The minimum Gasteiger partial charge on any atom is -0.326 e. The number of hydrogen-bond donors (Lipinski definition) is 1. The molecular formula is C13H14FNO2. The van der Waals surface area contributed by atoms with Gasteiger partial charge in [-0.3, -0.25) is 9.59 Å². The van der Waals surface area contributed by atoms with Gasteiger partial charge in [-0.2, -0.15) is 0 Å². The molecule has 1 N–H and O–H groups in total. The lowest BCUT2D eigenvalue weighted by molar-refractivity contribution is -0.116. The number of carbonyl (C=O) groups excluding carboxylic acids is 2. The molecule has 1 aliphatic heterocycles. The van der Waals surface area contributed by atoms with Crippen LogP contribution in [-0.2, 0) is 11.2 Å². The number of Topliss-reactive ketones (excluding diaryl/α,β-unsaturated/α-hetero) is 1. The highest BCUT2D eigenvalue weighted by molar-refractivity contribution is 5.99. The van der Waals surface area contributed by atoms with Crippen molar-refractivity contribution < 1.29 is 14.0 Å². The second kappa shape index (κ2) is 4.65. The van der Waals surface area contributed by atoms with Crippen LogP contribution in [0.3, 0.4) is 0 Å². The fourth-order valence-electron chi connectivity index (χ4n) is 1.98. The summed E-state index contributed by atoms with van der Waals surface area (Å²) < 4.78 is 13.7. The standard InChI is InChI=1S/C13H14FNO2/c1-2-3-12(16)9-6-8-4-5-13(17)15-11(8)7-10(9)14/h6-7H,2-5H2,1H3,(H,15,17). The van der Waals surface area contributed by atoms with E-state index in [1.54, 1.807) is 6.07 Å². The molecule has 17 heavy (non-hydrogen) atoms. The van der Waals surface area contributed by atoms with E-state index in [1.165, 1.54) is 6.07 Å². The number of hydrogen-bond acceptors (Lipinski definition) is 2. The highest BCUT2D eigenvalue weighted by Crippen LogP contribution is 2.26. The quantitative estimate of drug-likeness (QED) is 0.819. The first kappa shape index (κ1) is 11.8. The van der Waals surface area contributed by atoms with Gasteiger partial charge in [-0.25, -0.2) is 4.39 Å². The zero-order valence-electron chi connectivity index (χ0n) is 9.68. The number of benzene rings is 1. The molecule has 0 saturated heterocycles. The van der Waals surface area contributed by atoms with Crippen molar-refractivity contribution >= 4 is 17.4 Å². The Balaban J connectivity index is 2.37. The second-order valence-corrected chi connectivity index (χ2v) is 4.21. The third kappa shape index (κ3) is 2.35. The molecule has 1 amide bonds. The summed E-state index contributed by atoms with van der Waals surface area (Å²) in [4.78, 5) is 22.8. The van der Waals surface area contributed by atoms with Crippen LogP contribution in [0.25, 0.3) is 0 Å². The Hall–Kier alpha value is -1.71. The number of anilines is 1.